The highest BCUT2D eigenvalue weighted by Gasteiger charge is 2.31. The molecule has 0 bridgehead atoms. The second kappa shape index (κ2) is 7.91. The number of morpholine rings is 1. The lowest BCUT2D eigenvalue weighted by atomic mass is 10.3. The van der Waals surface area contributed by atoms with Gasteiger partial charge in [0, 0.05) is 41.5 Å². The van der Waals surface area contributed by atoms with Crippen LogP contribution in [0.3, 0.4) is 0 Å². The van der Waals surface area contributed by atoms with Gasteiger partial charge in [0.1, 0.15) is 4.90 Å². The number of aromatic nitrogens is 4. The molecule has 4 rings (SSSR count). The standard InChI is InChI=1S/C17H18N6O5S2/c1-11-9-12(2)22-16(18-11)19-17(20-22)29-14-4-3-13(23(24)25)10-15(14)30(26,27)21-5-7-28-8-6-21/h3-4,9-10H,5-8H2,1-2H3. The number of nitro groups is 1. The Morgan fingerprint density at radius 3 is 2.60 bits per heavy atom. The van der Waals surface area contributed by atoms with Crippen molar-refractivity contribution >= 4 is 33.3 Å². The van der Waals surface area contributed by atoms with Crippen molar-refractivity contribution < 1.29 is 18.1 Å². The first-order valence-electron chi connectivity index (χ1n) is 9.01. The zero-order valence-corrected chi connectivity index (χ0v) is 17.8. The van der Waals surface area contributed by atoms with Crippen molar-refractivity contribution in [1.82, 2.24) is 23.9 Å². The molecule has 158 valence electrons. The third-order valence-electron chi connectivity index (χ3n) is 4.53. The molecule has 3 heterocycles. The first-order chi connectivity index (χ1) is 14.3. The molecule has 0 saturated carbocycles. The largest absolute Gasteiger partial charge is 0.379 e. The second-order valence-electron chi connectivity index (χ2n) is 6.65. The molecular weight excluding hydrogens is 432 g/mol. The summed E-state index contributed by atoms with van der Waals surface area (Å²) < 4.78 is 34.5. The summed E-state index contributed by atoms with van der Waals surface area (Å²) in [6, 6.07) is 5.62. The van der Waals surface area contributed by atoms with Crippen molar-refractivity contribution in [3.05, 3.63) is 45.8 Å². The third-order valence-corrected chi connectivity index (χ3v) is 7.53. The summed E-state index contributed by atoms with van der Waals surface area (Å²) in [4.78, 5) is 19.5. The molecule has 1 aliphatic rings. The molecule has 1 aromatic carbocycles. The highest BCUT2D eigenvalue weighted by atomic mass is 32.2. The van der Waals surface area contributed by atoms with Crippen LogP contribution in [0.4, 0.5) is 5.69 Å². The fourth-order valence-corrected chi connectivity index (χ4v) is 5.79. The van der Waals surface area contributed by atoms with Gasteiger partial charge in [-0.05, 0) is 37.7 Å². The number of benzene rings is 1. The third kappa shape index (κ3) is 3.88. The van der Waals surface area contributed by atoms with E-state index < -0.39 is 14.9 Å². The summed E-state index contributed by atoms with van der Waals surface area (Å²) >= 11 is 1.02. The zero-order valence-electron chi connectivity index (χ0n) is 16.2. The van der Waals surface area contributed by atoms with Crippen LogP contribution in [0.15, 0.2) is 39.2 Å². The van der Waals surface area contributed by atoms with E-state index >= 15 is 0 Å². The number of non-ortho nitro benzene ring substituents is 1. The number of hydrogen-bond donors (Lipinski definition) is 0. The summed E-state index contributed by atoms with van der Waals surface area (Å²) in [6.45, 7) is 4.63. The van der Waals surface area contributed by atoms with Gasteiger partial charge in [-0.25, -0.2) is 17.9 Å². The lowest BCUT2D eigenvalue weighted by Gasteiger charge is -2.26. The van der Waals surface area contributed by atoms with Crippen LogP contribution in [0.25, 0.3) is 5.78 Å². The number of sulfonamides is 1. The summed E-state index contributed by atoms with van der Waals surface area (Å²) in [6.07, 6.45) is 0. The van der Waals surface area contributed by atoms with Gasteiger partial charge in [-0.3, -0.25) is 10.1 Å². The van der Waals surface area contributed by atoms with Gasteiger partial charge < -0.3 is 4.74 Å². The molecule has 1 aliphatic heterocycles. The van der Waals surface area contributed by atoms with Gasteiger partial charge in [0.25, 0.3) is 11.5 Å². The van der Waals surface area contributed by atoms with Crippen molar-refractivity contribution in [3.63, 3.8) is 0 Å². The number of rotatable bonds is 5. The van der Waals surface area contributed by atoms with Crippen molar-refractivity contribution in [3.8, 4) is 0 Å². The SMILES string of the molecule is Cc1cc(C)n2nc(Sc3ccc([N+](=O)[O-])cc3S(=O)(=O)N3CCOCC3)nc2n1. The topological polar surface area (TPSA) is 133 Å². The number of nitro benzene ring substituents is 1. The van der Waals surface area contributed by atoms with Gasteiger partial charge in [0.05, 0.1) is 18.1 Å². The normalized spacial score (nSPS) is 15.5. The minimum absolute atomic E-state index is 0.150. The highest BCUT2D eigenvalue weighted by molar-refractivity contribution is 8.00. The van der Waals surface area contributed by atoms with Gasteiger partial charge in [-0.15, -0.1) is 5.10 Å². The van der Waals surface area contributed by atoms with Crippen molar-refractivity contribution in [2.75, 3.05) is 26.3 Å². The van der Waals surface area contributed by atoms with Crippen LogP contribution in [-0.2, 0) is 14.8 Å². The Hall–Kier alpha value is -2.61. The minimum atomic E-state index is -3.96. The van der Waals surface area contributed by atoms with E-state index in [1.807, 2.05) is 19.9 Å². The maximum atomic E-state index is 13.2. The molecule has 0 amide bonds. The molecule has 1 saturated heterocycles. The predicted molar refractivity (Wildman–Crippen MR) is 107 cm³/mol. The van der Waals surface area contributed by atoms with E-state index in [-0.39, 0.29) is 36.9 Å². The molecular formula is C17H18N6O5S2. The van der Waals surface area contributed by atoms with Crippen molar-refractivity contribution in [2.45, 2.75) is 28.8 Å². The maximum Gasteiger partial charge on any atom is 0.270 e. The van der Waals surface area contributed by atoms with E-state index in [2.05, 4.69) is 15.1 Å². The Labute approximate surface area is 176 Å². The highest BCUT2D eigenvalue weighted by Crippen LogP contribution is 2.35. The molecule has 11 nitrogen and oxygen atoms in total. The van der Waals surface area contributed by atoms with Crippen LogP contribution >= 0.6 is 11.8 Å². The van der Waals surface area contributed by atoms with E-state index in [9.17, 15) is 18.5 Å². The average Bonchev–Trinajstić information content (AvgIpc) is 3.11. The number of nitrogens with zero attached hydrogens (tertiary/aromatic N) is 6. The van der Waals surface area contributed by atoms with Gasteiger partial charge in [-0.2, -0.15) is 9.29 Å². The number of ether oxygens (including phenoxy) is 1. The molecule has 3 aromatic rings. The van der Waals surface area contributed by atoms with Crippen LogP contribution in [-0.4, -0.2) is 63.5 Å². The van der Waals surface area contributed by atoms with E-state index in [4.69, 9.17) is 4.74 Å². The molecule has 13 heteroatoms. The number of fused-ring (bicyclic) bond motifs is 1. The molecule has 2 aromatic heterocycles. The molecule has 0 radical (unpaired) electrons. The van der Waals surface area contributed by atoms with E-state index in [0.29, 0.717) is 15.8 Å². The van der Waals surface area contributed by atoms with Crippen LogP contribution in [0.5, 0.6) is 0 Å². The quantitative estimate of drug-likeness (QED) is 0.421. The van der Waals surface area contributed by atoms with Gasteiger partial charge >= 0.3 is 0 Å². The minimum Gasteiger partial charge on any atom is -0.379 e. The molecule has 0 aliphatic carbocycles. The number of aryl methyl sites for hydroxylation is 2. The van der Waals surface area contributed by atoms with Gasteiger partial charge in [-0.1, -0.05) is 0 Å². The lowest BCUT2D eigenvalue weighted by molar-refractivity contribution is -0.385. The molecule has 0 unspecified atom stereocenters. The second-order valence-corrected chi connectivity index (χ2v) is 9.57. The summed E-state index contributed by atoms with van der Waals surface area (Å²) in [5.41, 5.74) is 1.32. The first-order valence-corrected chi connectivity index (χ1v) is 11.3. The zero-order chi connectivity index (χ0) is 21.5. The Balaban J connectivity index is 1.78. The smallest absolute Gasteiger partial charge is 0.270 e. The number of hydrogen-bond acceptors (Lipinski definition) is 9. The molecule has 1 fully saturated rings. The van der Waals surface area contributed by atoms with Gasteiger partial charge in [0.15, 0.2) is 0 Å². The van der Waals surface area contributed by atoms with E-state index in [1.165, 1.54) is 16.4 Å². The van der Waals surface area contributed by atoms with Crippen molar-refractivity contribution in [1.29, 1.82) is 0 Å². The summed E-state index contributed by atoms with van der Waals surface area (Å²) in [5.74, 6) is 0.398. The first kappa shape index (κ1) is 20.7. The van der Waals surface area contributed by atoms with E-state index in [0.717, 1.165) is 29.2 Å². The fraction of sp³-hybridized carbons (Fsp3) is 0.353. The molecule has 0 spiro atoms. The summed E-state index contributed by atoms with van der Waals surface area (Å²) in [5, 5.41) is 15.9. The van der Waals surface area contributed by atoms with Crippen LogP contribution < -0.4 is 0 Å². The predicted octanol–water partition coefficient (Wildman–Crippen LogP) is 1.82. The van der Waals surface area contributed by atoms with Crippen LogP contribution in [0, 0.1) is 24.0 Å². The van der Waals surface area contributed by atoms with E-state index in [1.54, 1.807) is 4.52 Å². The van der Waals surface area contributed by atoms with Crippen LogP contribution in [0.2, 0.25) is 0 Å². The monoisotopic (exact) mass is 450 g/mol. The van der Waals surface area contributed by atoms with Gasteiger partial charge in [0.2, 0.25) is 15.2 Å². The maximum absolute atomic E-state index is 13.2. The Bertz CT molecular complexity index is 1240. The average molecular weight is 451 g/mol. The van der Waals surface area contributed by atoms with Crippen LogP contribution in [0.1, 0.15) is 11.4 Å². The lowest BCUT2D eigenvalue weighted by Crippen LogP contribution is -2.40. The molecule has 30 heavy (non-hydrogen) atoms. The molecule has 0 atom stereocenters. The fourth-order valence-electron chi connectivity index (χ4n) is 3.11. The molecule has 0 N–H and O–H groups in total. The Morgan fingerprint density at radius 2 is 1.90 bits per heavy atom. The Morgan fingerprint density at radius 1 is 1.17 bits per heavy atom. The van der Waals surface area contributed by atoms with Crippen molar-refractivity contribution in [2.24, 2.45) is 0 Å². The summed E-state index contributed by atoms with van der Waals surface area (Å²) in [7, 11) is -3.96. The Kier molecular flexibility index (Phi) is 5.44.